The smallest absolute Gasteiger partial charge is 0.341 e. The van der Waals surface area contributed by atoms with Gasteiger partial charge in [0.1, 0.15) is 5.01 Å². The summed E-state index contributed by atoms with van der Waals surface area (Å²) in [5.74, 6) is -0.542. The Morgan fingerprint density at radius 3 is 3.04 bits per heavy atom. The van der Waals surface area contributed by atoms with Gasteiger partial charge in [-0.3, -0.25) is 4.98 Å². The number of urea groups is 1. The molecule has 0 aromatic carbocycles. The molecule has 1 aliphatic heterocycles. The van der Waals surface area contributed by atoms with Gasteiger partial charge in [0.25, 0.3) is 0 Å². The predicted octanol–water partition coefficient (Wildman–Crippen LogP) is 2.32. The average Bonchev–Trinajstić information content (AvgIpc) is 3.13. The zero-order valence-corrected chi connectivity index (χ0v) is 16.2. The number of hydrogen-bond acceptors (Lipinski definition) is 7. The zero-order chi connectivity index (χ0) is 18.0. The average molecular weight is 471 g/mol. The maximum atomic E-state index is 12.4. The summed E-state index contributed by atoms with van der Waals surface area (Å²) in [5, 5.41) is 9.20. The topological polar surface area (TPSA) is 88.5 Å². The van der Waals surface area contributed by atoms with E-state index in [2.05, 4.69) is 44.4 Å². The molecule has 25 heavy (non-hydrogen) atoms. The van der Waals surface area contributed by atoms with Crippen molar-refractivity contribution >= 4 is 51.1 Å². The summed E-state index contributed by atoms with van der Waals surface area (Å²) >= 11 is 3.34. The van der Waals surface area contributed by atoms with Crippen molar-refractivity contribution in [3.63, 3.8) is 0 Å². The Morgan fingerprint density at radius 2 is 2.32 bits per heavy atom. The van der Waals surface area contributed by atoms with Gasteiger partial charge in [0.2, 0.25) is 11.4 Å². The molecule has 0 saturated carbocycles. The lowest BCUT2D eigenvalue weighted by atomic mass is 10.3. The minimum atomic E-state index is -0.771. The van der Waals surface area contributed by atoms with Crippen molar-refractivity contribution in [3.05, 3.63) is 45.3 Å². The Bertz CT molecular complexity index is 827. The molecular weight excluding hydrogens is 457 g/mol. The Balaban J connectivity index is 1.81. The number of carbonyl (C=O) groups is 2. The molecule has 0 N–H and O–H groups in total. The summed E-state index contributed by atoms with van der Waals surface area (Å²) in [6, 6.07) is 1.38. The van der Waals surface area contributed by atoms with Crippen molar-refractivity contribution in [2.75, 3.05) is 18.5 Å². The summed E-state index contributed by atoms with van der Waals surface area (Å²) in [4.78, 5) is 31.6. The first kappa shape index (κ1) is 17.7. The van der Waals surface area contributed by atoms with Crippen LogP contribution >= 0.6 is 33.9 Å². The monoisotopic (exact) mass is 471 g/mol. The fourth-order valence-corrected chi connectivity index (χ4v) is 3.62. The molecule has 2 amide bonds. The lowest BCUT2D eigenvalue weighted by Crippen LogP contribution is -2.37. The van der Waals surface area contributed by atoms with Gasteiger partial charge in [0.15, 0.2) is 0 Å². The first-order valence-electron chi connectivity index (χ1n) is 7.28. The second-order valence-electron chi connectivity index (χ2n) is 5.26. The molecule has 3 heterocycles. The van der Waals surface area contributed by atoms with E-state index in [-0.39, 0.29) is 12.6 Å². The second-order valence-corrected chi connectivity index (χ2v) is 7.54. The molecule has 0 radical (unpaired) electrons. The Morgan fingerprint density at radius 1 is 1.52 bits per heavy atom. The molecular formula is C15H14IN5O3S. The summed E-state index contributed by atoms with van der Waals surface area (Å²) < 4.78 is 6.35. The number of amides is 2. The minimum absolute atomic E-state index is 0.248. The van der Waals surface area contributed by atoms with Crippen LogP contribution in [0.1, 0.15) is 15.4 Å². The van der Waals surface area contributed by atoms with Crippen LogP contribution in [0.3, 0.4) is 0 Å². The van der Waals surface area contributed by atoms with Gasteiger partial charge >= 0.3 is 12.0 Å². The van der Waals surface area contributed by atoms with Gasteiger partial charge in [-0.2, -0.15) is 0 Å². The van der Waals surface area contributed by atoms with E-state index < -0.39 is 12.2 Å². The third-order valence-corrected chi connectivity index (χ3v) is 4.95. The number of halogens is 1. The Labute approximate surface area is 161 Å². The number of rotatable bonds is 5. The fraction of sp³-hybridized carbons (Fsp3) is 0.267. The van der Waals surface area contributed by atoms with Crippen LogP contribution in [0.4, 0.5) is 9.93 Å². The van der Waals surface area contributed by atoms with Crippen molar-refractivity contribution in [2.45, 2.75) is 12.6 Å². The van der Waals surface area contributed by atoms with E-state index in [1.807, 2.05) is 0 Å². The van der Waals surface area contributed by atoms with Crippen LogP contribution in [0.15, 0.2) is 31.1 Å². The Hall–Kier alpha value is -2.08. The summed E-state index contributed by atoms with van der Waals surface area (Å²) in [6.07, 6.45) is 4.58. The maximum absolute atomic E-state index is 12.4. The third kappa shape index (κ3) is 3.79. The summed E-state index contributed by atoms with van der Waals surface area (Å²) in [5.41, 5.74) is 0.332. The number of nitrogens with zero attached hydrogens (tertiary/aromatic N) is 5. The molecule has 0 aliphatic carbocycles. The quantitative estimate of drug-likeness (QED) is 0.378. The van der Waals surface area contributed by atoms with E-state index >= 15 is 0 Å². The molecule has 1 saturated heterocycles. The van der Waals surface area contributed by atoms with Gasteiger partial charge in [0.05, 0.1) is 12.1 Å². The molecule has 3 rings (SSSR count). The number of anilines is 1. The fourth-order valence-electron chi connectivity index (χ4n) is 2.26. The number of ether oxygens (including phenoxy) is 1. The van der Waals surface area contributed by atoms with Crippen LogP contribution in [0.25, 0.3) is 0 Å². The normalized spacial score (nSPS) is 17.0. The van der Waals surface area contributed by atoms with Crippen LogP contribution in [-0.4, -0.2) is 51.9 Å². The molecule has 130 valence electrons. The molecule has 10 heteroatoms. The minimum Gasteiger partial charge on any atom is -0.435 e. The number of hydrogen-bond donors (Lipinski definition) is 0. The molecule has 0 spiro atoms. The Kier molecular flexibility index (Phi) is 5.27. The molecule has 2 aromatic heterocycles. The van der Waals surface area contributed by atoms with Crippen molar-refractivity contribution in [1.82, 2.24) is 20.1 Å². The summed E-state index contributed by atoms with van der Waals surface area (Å²) in [7, 11) is 1.64. The lowest BCUT2D eigenvalue weighted by molar-refractivity contribution is 0.0331. The van der Waals surface area contributed by atoms with Crippen LogP contribution in [0.5, 0.6) is 0 Å². The number of allylic oxidation sites excluding steroid dienone is 1. The zero-order valence-electron chi connectivity index (χ0n) is 13.3. The number of likely N-dealkylation sites (N-methyl/N-ethyl adjacent to an activating group) is 1. The lowest BCUT2D eigenvalue weighted by Gasteiger charge is -2.19. The highest BCUT2D eigenvalue weighted by Gasteiger charge is 2.41. The maximum Gasteiger partial charge on any atom is 0.341 e. The van der Waals surface area contributed by atoms with Gasteiger partial charge in [-0.15, -0.1) is 16.8 Å². The molecule has 8 nitrogen and oxygen atoms in total. The SMILES string of the molecule is C=CCc1nnc(N2C(=O)N(C)CC2OC(=O)c2cncc(I)c2)s1. The standard InChI is InChI=1S/C15H14IN5O3S/c1-3-4-11-18-19-14(25-11)21-12(8-20(2)15(21)23)24-13(22)9-5-10(16)7-17-6-9/h3,5-7,12H,1,4,8H2,2H3. The van der Waals surface area contributed by atoms with E-state index in [4.69, 9.17) is 4.74 Å². The molecule has 1 aliphatic rings. The number of pyridine rings is 1. The van der Waals surface area contributed by atoms with Gasteiger partial charge in [-0.05, 0) is 28.7 Å². The first-order valence-corrected chi connectivity index (χ1v) is 9.18. The van der Waals surface area contributed by atoms with E-state index in [0.29, 0.717) is 17.1 Å². The van der Waals surface area contributed by atoms with Crippen LogP contribution < -0.4 is 4.90 Å². The highest BCUT2D eigenvalue weighted by molar-refractivity contribution is 14.1. The van der Waals surface area contributed by atoms with Crippen LogP contribution in [0.2, 0.25) is 0 Å². The van der Waals surface area contributed by atoms with Crippen molar-refractivity contribution in [1.29, 1.82) is 0 Å². The van der Waals surface area contributed by atoms with E-state index in [9.17, 15) is 9.59 Å². The summed E-state index contributed by atoms with van der Waals surface area (Å²) in [6.45, 7) is 3.91. The largest absolute Gasteiger partial charge is 0.435 e. The highest BCUT2D eigenvalue weighted by Crippen LogP contribution is 2.28. The van der Waals surface area contributed by atoms with Crippen molar-refractivity contribution in [3.8, 4) is 0 Å². The highest BCUT2D eigenvalue weighted by atomic mass is 127. The first-order chi connectivity index (χ1) is 12.0. The van der Waals surface area contributed by atoms with Gasteiger partial charge in [-0.25, -0.2) is 14.5 Å². The van der Waals surface area contributed by atoms with Crippen molar-refractivity contribution in [2.24, 2.45) is 0 Å². The number of aromatic nitrogens is 3. The molecule has 1 fully saturated rings. The molecule has 2 aromatic rings. The molecule has 1 unspecified atom stereocenters. The van der Waals surface area contributed by atoms with Crippen molar-refractivity contribution < 1.29 is 14.3 Å². The predicted molar refractivity (Wildman–Crippen MR) is 100 cm³/mol. The molecule has 0 bridgehead atoms. The van der Waals surface area contributed by atoms with E-state index in [0.717, 1.165) is 8.58 Å². The molecule has 1 atom stereocenters. The van der Waals surface area contributed by atoms with Gasteiger partial charge in [0, 0.05) is 29.4 Å². The third-order valence-electron chi connectivity index (χ3n) is 3.42. The van der Waals surface area contributed by atoms with E-state index in [1.165, 1.54) is 27.3 Å². The number of esters is 1. The van der Waals surface area contributed by atoms with Gasteiger partial charge < -0.3 is 9.64 Å². The van der Waals surface area contributed by atoms with Gasteiger partial charge in [-0.1, -0.05) is 17.4 Å². The van der Waals surface area contributed by atoms with Crippen LogP contribution in [-0.2, 0) is 11.2 Å². The number of carbonyl (C=O) groups excluding carboxylic acids is 2. The van der Waals surface area contributed by atoms with E-state index in [1.54, 1.807) is 25.4 Å². The van der Waals surface area contributed by atoms with Crippen LogP contribution in [0, 0.1) is 3.57 Å². The second kappa shape index (κ2) is 7.44.